The molecule has 0 saturated heterocycles. The molecule has 0 aliphatic heterocycles. The van der Waals surface area contributed by atoms with Crippen LogP contribution in [0.3, 0.4) is 0 Å². The number of hydrogen-bond donors (Lipinski definition) is 0. The summed E-state index contributed by atoms with van der Waals surface area (Å²) in [7, 11) is 0. The molecule has 0 spiro atoms. The van der Waals surface area contributed by atoms with Crippen LogP contribution in [0.4, 0.5) is 0 Å². The first-order valence-corrected chi connectivity index (χ1v) is 9.69. The summed E-state index contributed by atoms with van der Waals surface area (Å²) in [6.45, 7) is 6.38. The molecular formula is C22H34O2. The quantitative estimate of drug-likeness (QED) is 0.388. The molecule has 0 fully saturated rings. The van der Waals surface area contributed by atoms with Crippen molar-refractivity contribution in [3.63, 3.8) is 0 Å². The van der Waals surface area contributed by atoms with Gasteiger partial charge >= 0.3 is 0 Å². The molecule has 2 heteroatoms. The van der Waals surface area contributed by atoms with Crippen molar-refractivity contribution < 1.29 is 9.59 Å². The van der Waals surface area contributed by atoms with Gasteiger partial charge in [-0.15, -0.1) is 0 Å². The fourth-order valence-corrected chi connectivity index (χ4v) is 3.13. The predicted octanol–water partition coefficient (Wildman–Crippen LogP) is 6.27. The van der Waals surface area contributed by atoms with Crippen molar-refractivity contribution >= 4 is 11.6 Å². The predicted molar refractivity (Wildman–Crippen MR) is 102 cm³/mol. The van der Waals surface area contributed by atoms with Gasteiger partial charge in [0.05, 0.1) is 0 Å². The van der Waals surface area contributed by atoms with E-state index in [2.05, 4.69) is 39.0 Å². The highest BCUT2D eigenvalue weighted by atomic mass is 16.1. The van der Waals surface area contributed by atoms with Gasteiger partial charge in [0.2, 0.25) is 0 Å². The molecule has 2 aliphatic rings. The topological polar surface area (TPSA) is 34.1 Å². The highest BCUT2D eigenvalue weighted by Gasteiger charge is 2.18. The van der Waals surface area contributed by atoms with Crippen LogP contribution in [-0.4, -0.2) is 11.6 Å². The molecule has 0 aromatic rings. The fraction of sp³-hybridized carbons (Fsp3) is 0.636. The van der Waals surface area contributed by atoms with Crippen molar-refractivity contribution in [2.45, 2.75) is 91.4 Å². The smallest absolute Gasteiger partial charge is 0.159 e. The second-order valence-corrected chi connectivity index (χ2v) is 6.77. The summed E-state index contributed by atoms with van der Waals surface area (Å²) >= 11 is 0. The number of carbonyl (C=O) groups is 2. The number of rotatable bonds is 8. The molecule has 0 heterocycles. The first-order valence-electron chi connectivity index (χ1n) is 9.69. The van der Waals surface area contributed by atoms with Gasteiger partial charge in [0.15, 0.2) is 11.6 Å². The molecule has 24 heavy (non-hydrogen) atoms. The molecule has 0 saturated carbocycles. The van der Waals surface area contributed by atoms with E-state index in [9.17, 15) is 9.59 Å². The standard InChI is InChI=1S/C11H16O.C11H18O/c1-3-4-5-6-10-9(2)7-8-11(10)12;1-2-3-4-5-7-10-8-6-9-11(10)12/h4-5H,3,6-8H2,1-2H3;8H,2-7,9H2,1H3/b5-4+;. The Morgan fingerprint density at radius 1 is 0.958 bits per heavy atom. The van der Waals surface area contributed by atoms with Gasteiger partial charge in [-0.05, 0) is 56.6 Å². The third-order valence-corrected chi connectivity index (χ3v) is 4.72. The molecule has 0 amide bonds. The van der Waals surface area contributed by atoms with E-state index in [1.165, 1.54) is 31.3 Å². The van der Waals surface area contributed by atoms with E-state index in [0.29, 0.717) is 11.6 Å². The monoisotopic (exact) mass is 330 g/mol. The lowest BCUT2D eigenvalue weighted by Gasteiger charge is -1.99. The molecule has 134 valence electrons. The lowest BCUT2D eigenvalue weighted by atomic mass is 10.1. The summed E-state index contributed by atoms with van der Waals surface area (Å²) in [5.41, 5.74) is 3.45. The Bertz CT molecular complexity index is 506. The van der Waals surface area contributed by atoms with Crippen molar-refractivity contribution in [3.05, 3.63) is 34.9 Å². The van der Waals surface area contributed by atoms with E-state index in [1.54, 1.807) is 0 Å². The lowest BCUT2D eigenvalue weighted by Crippen LogP contribution is -1.95. The van der Waals surface area contributed by atoms with E-state index < -0.39 is 0 Å². The van der Waals surface area contributed by atoms with E-state index in [0.717, 1.165) is 56.1 Å². The van der Waals surface area contributed by atoms with Crippen molar-refractivity contribution in [2.24, 2.45) is 0 Å². The van der Waals surface area contributed by atoms with Crippen molar-refractivity contribution in [2.75, 3.05) is 0 Å². The van der Waals surface area contributed by atoms with Crippen LogP contribution in [-0.2, 0) is 9.59 Å². The van der Waals surface area contributed by atoms with Crippen molar-refractivity contribution in [1.82, 2.24) is 0 Å². The van der Waals surface area contributed by atoms with Gasteiger partial charge in [-0.3, -0.25) is 9.59 Å². The molecule has 0 aromatic carbocycles. The van der Waals surface area contributed by atoms with Gasteiger partial charge < -0.3 is 0 Å². The molecule has 0 atom stereocenters. The Morgan fingerprint density at radius 3 is 2.29 bits per heavy atom. The summed E-state index contributed by atoms with van der Waals surface area (Å²) < 4.78 is 0. The Balaban J connectivity index is 0.000000240. The zero-order chi connectivity index (χ0) is 17.8. The van der Waals surface area contributed by atoms with Crippen LogP contribution in [0.2, 0.25) is 0 Å². The number of ketones is 2. The Hall–Kier alpha value is -1.44. The molecular weight excluding hydrogens is 296 g/mol. The van der Waals surface area contributed by atoms with Gasteiger partial charge in [0.1, 0.15) is 0 Å². The maximum Gasteiger partial charge on any atom is 0.159 e. The summed E-state index contributed by atoms with van der Waals surface area (Å²) in [5.74, 6) is 0.750. The molecule has 0 bridgehead atoms. The van der Waals surface area contributed by atoms with Crippen LogP contribution in [0, 0.1) is 0 Å². The fourth-order valence-electron chi connectivity index (χ4n) is 3.13. The minimum absolute atomic E-state index is 0.355. The maximum absolute atomic E-state index is 11.3. The molecule has 0 N–H and O–H groups in total. The van der Waals surface area contributed by atoms with E-state index in [1.807, 2.05) is 0 Å². The lowest BCUT2D eigenvalue weighted by molar-refractivity contribution is -0.115. The number of carbonyl (C=O) groups excluding carboxylic acids is 2. The number of hydrogen-bond acceptors (Lipinski definition) is 2. The first-order chi connectivity index (χ1) is 11.6. The van der Waals surface area contributed by atoms with E-state index in [-0.39, 0.29) is 0 Å². The van der Waals surface area contributed by atoms with Crippen LogP contribution in [0.15, 0.2) is 34.9 Å². The number of allylic oxidation sites excluding steroid dienone is 6. The summed E-state index contributed by atoms with van der Waals surface area (Å²) in [6, 6.07) is 0. The second-order valence-electron chi connectivity index (χ2n) is 6.77. The second kappa shape index (κ2) is 12.0. The highest BCUT2D eigenvalue weighted by molar-refractivity contribution is 5.98. The molecule has 2 rings (SSSR count). The minimum Gasteiger partial charge on any atom is -0.295 e. The van der Waals surface area contributed by atoms with Gasteiger partial charge in [0.25, 0.3) is 0 Å². The first kappa shape index (κ1) is 20.6. The Labute approximate surface area is 148 Å². The zero-order valence-corrected chi connectivity index (χ0v) is 15.8. The normalized spacial score (nSPS) is 17.5. The molecule has 0 aromatic heterocycles. The van der Waals surface area contributed by atoms with Gasteiger partial charge in [-0.2, -0.15) is 0 Å². The average Bonchev–Trinajstić information content (AvgIpc) is 3.12. The Morgan fingerprint density at radius 2 is 1.75 bits per heavy atom. The third-order valence-electron chi connectivity index (χ3n) is 4.72. The highest BCUT2D eigenvalue weighted by Crippen LogP contribution is 2.25. The summed E-state index contributed by atoms with van der Waals surface area (Å²) in [6.07, 6.45) is 17.8. The van der Waals surface area contributed by atoms with Crippen LogP contribution in [0.1, 0.15) is 91.4 Å². The minimum atomic E-state index is 0.355. The maximum atomic E-state index is 11.3. The van der Waals surface area contributed by atoms with E-state index >= 15 is 0 Å². The zero-order valence-electron chi connectivity index (χ0n) is 15.8. The van der Waals surface area contributed by atoms with Crippen LogP contribution >= 0.6 is 0 Å². The molecule has 0 unspecified atom stereocenters. The third kappa shape index (κ3) is 7.42. The average molecular weight is 331 g/mol. The van der Waals surface area contributed by atoms with Crippen molar-refractivity contribution in [1.29, 1.82) is 0 Å². The number of Topliss-reactive ketones (excluding diaryl/α,β-unsaturated/α-hetero) is 2. The molecule has 2 aliphatic carbocycles. The van der Waals surface area contributed by atoms with Crippen LogP contribution in [0.25, 0.3) is 0 Å². The SMILES string of the molecule is CC/C=C/CC1=C(C)CCC1=O.CCCCCCC1=CCCC1=O. The van der Waals surface area contributed by atoms with Gasteiger partial charge in [0, 0.05) is 12.8 Å². The van der Waals surface area contributed by atoms with Gasteiger partial charge in [-0.1, -0.05) is 56.9 Å². The summed E-state index contributed by atoms with van der Waals surface area (Å²) in [4.78, 5) is 22.5. The van der Waals surface area contributed by atoms with E-state index in [4.69, 9.17) is 0 Å². The van der Waals surface area contributed by atoms with Crippen molar-refractivity contribution in [3.8, 4) is 0 Å². The molecule has 0 radical (unpaired) electrons. The number of unbranched alkanes of at least 4 members (excludes halogenated alkanes) is 3. The molecule has 2 nitrogen and oxygen atoms in total. The van der Waals surface area contributed by atoms with Gasteiger partial charge in [-0.25, -0.2) is 0 Å². The van der Waals surface area contributed by atoms with Crippen LogP contribution < -0.4 is 0 Å². The summed E-state index contributed by atoms with van der Waals surface area (Å²) in [5, 5.41) is 0. The Kier molecular flexibility index (Phi) is 10.3. The largest absolute Gasteiger partial charge is 0.295 e. The van der Waals surface area contributed by atoms with Crippen LogP contribution in [0.5, 0.6) is 0 Å².